The molecule has 0 saturated carbocycles. The summed E-state index contributed by atoms with van der Waals surface area (Å²) < 4.78 is 0. The minimum absolute atomic E-state index is 0.962. The molecule has 0 unspecified atom stereocenters. The molecular weight excluding hydrogens is 110 g/mol. The van der Waals surface area contributed by atoms with Crippen LogP contribution in [0.25, 0.3) is 0 Å². The molecule has 0 rings (SSSR count). The standard InChI is InChI=1S/C8H16N/c1-3-5-7-9-8-6-4-2/h9H,1,4-8H2,2H3. The summed E-state index contributed by atoms with van der Waals surface area (Å²) in [5.41, 5.74) is 0. The predicted octanol–water partition coefficient (Wildman–Crippen LogP) is 1.76. The van der Waals surface area contributed by atoms with Gasteiger partial charge in [0.25, 0.3) is 0 Å². The van der Waals surface area contributed by atoms with E-state index < -0.39 is 0 Å². The Morgan fingerprint density at radius 3 is 2.78 bits per heavy atom. The Kier molecular flexibility index (Phi) is 7.44. The van der Waals surface area contributed by atoms with Crippen molar-refractivity contribution in [2.45, 2.75) is 26.2 Å². The average molecular weight is 126 g/mol. The Balaban J connectivity index is 2.66. The van der Waals surface area contributed by atoms with E-state index in [0.717, 1.165) is 19.5 Å². The van der Waals surface area contributed by atoms with E-state index in [4.69, 9.17) is 0 Å². The molecule has 1 heteroatoms. The van der Waals surface area contributed by atoms with Crippen molar-refractivity contribution in [1.29, 1.82) is 0 Å². The van der Waals surface area contributed by atoms with Gasteiger partial charge in [-0.25, -0.2) is 0 Å². The predicted molar refractivity (Wildman–Crippen MR) is 41.3 cm³/mol. The summed E-state index contributed by atoms with van der Waals surface area (Å²) in [6.07, 6.45) is 6.34. The molecule has 1 nitrogen and oxygen atoms in total. The smallest absolute Gasteiger partial charge is 0.000847 e. The van der Waals surface area contributed by atoms with E-state index >= 15 is 0 Å². The Labute approximate surface area is 58.2 Å². The highest BCUT2D eigenvalue weighted by molar-refractivity contribution is 4.57. The molecular formula is C8H16N. The van der Waals surface area contributed by atoms with Gasteiger partial charge in [0.05, 0.1) is 0 Å². The van der Waals surface area contributed by atoms with Crippen molar-refractivity contribution >= 4 is 0 Å². The van der Waals surface area contributed by atoms with Crippen LogP contribution >= 0.6 is 0 Å². The summed E-state index contributed by atoms with van der Waals surface area (Å²) in [6, 6.07) is 0. The van der Waals surface area contributed by atoms with E-state index in [-0.39, 0.29) is 0 Å². The minimum atomic E-state index is 0.962. The lowest BCUT2D eigenvalue weighted by Crippen LogP contribution is -2.15. The highest BCUT2D eigenvalue weighted by atomic mass is 14.8. The second-order valence-electron chi connectivity index (χ2n) is 2.10. The second-order valence-corrected chi connectivity index (χ2v) is 2.10. The quantitative estimate of drug-likeness (QED) is 0.535. The van der Waals surface area contributed by atoms with Crippen LogP contribution in [0.5, 0.6) is 0 Å². The number of nitrogens with one attached hydrogen (secondary N) is 1. The molecule has 1 radical (unpaired) electrons. The summed E-state index contributed by atoms with van der Waals surface area (Å²) in [7, 11) is 0. The lowest BCUT2D eigenvalue weighted by molar-refractivity contribution is 0.642. The highest BCUT2D eigenvalue weighted by Gasteiger charge is 1.81. The van der Waals surface area contributed by atoms with Crippen molar-refractivity contribution < 1.29 is 0 Å². The van der Waals surface area contributed by atoms with E-state index in [1.54, 1.807) is 0 Å². The molecule has 0 aromatic carbocycles. The van der Waals surface area contributed by atoms with Crippen molar-refractivity contribution in [1.82, 2.24) is 5.32 Å². The summed E-state index contributed by atoms with van der Waals surface area (Å²) in [5.74, 6) is 0. The second kappa shape index (κ2) is 7.70. The fraction of sp³-hybridized carbons (Fsp3) is 0.750. The number of hydrogen-bond donors (Lipinski definition) is 1. The van der Waals surface area contributed by atoms with E-state index in [1.807, 2.05) is 0 Å². The van der Waals surface area contributed by atoms with Crippen molar-refractivity contribution in [2.75, 3.05) is 13.1 Å². The lowest BCUT2D eigenvalue weighted by Gasteiger charge is -1.98. The molecule has 0 aromatic rings. The van der Waals surface area contributed by atoms with Gasteiger partial charge >= 0.3 is 0 Å². The maximum Gasteiger partial charge on any atom is -0.000847 e. The summed E-state index contributed by atoms with van der Waals surface area (Å²) in [6.45, 7) is 7.88. The molecule has 0 fully saturated rings. The topological polar surface area (TPSA) is 12.0 Å². The van der Waals surface area contributed by atoms with E-state index in [9.17, 15) is 0 Å². The van der Waals surface area contributed by atoms with Crippen LogP contribution in [0, 0.1) is 6.08 Å². The molecule has 0 aliphatic rings. The Hall–Kier alpha value is -0.300. The lowest BCUT2D eigenvalue weighted by atomic mass is 10.3. The zero-order valence-corrected chi connectivity index (χ0v) is 6.24. The van der Waals surface area contributed by atoms with Gasteiger partial charge in [-0.3, -0.25) is 0 Å². The van der Waals surface area contributed by atoms with Gasteiger partial charge in [-0.1, -0.05) is 26.0 Å². The van der Waals surface area contributed by atoms with E-state index in [1.165, 1.54) is 12.8 Å². The van der Waals surface area contributed by atoms with Gasteiger partial charge in [-0.15, -0.1) is 0 Å². The number of unbranched alkanes of at least 4 members (excludes halogenated alkanes) is 1. The normalized spacial score (nSPS) is 9.44. The molecule has 0 heterocycles. The van der Waals surface area contributed by atoms with Crippen LogP contribution in [-0.4, -0.2) is 13.1 Å². The van der Waals surface area contributed by atoms with Crippen molar-refractivity contribution in [3.05, 3.63) is 12.7 Å². The molecule has 0 bridgehead atoms. The number of rotatable bonds is 6. The van der Waals surface area contributed by atoms with Gasteiger partial charge < -0.3 is 5.32 Å². The summed E-state index contributed by atoms with van der Waals surface area (Å²) in [4.78, 5) is 0. The third kappa shape index (κ3) is 7.70. The molecule has 1 N–H and O–H groups in total. The molecule has 0 aliphatic heterocycles. The maximum absolute atomic E-state index is 3.51. The van der Waals surface area contributed by atoms with Crippen LogP contribution in [0.1, 0.15) is 26.2 Å². The zero-order valence-electron chi connectivity index (χ0n) is 6.24. The SMILES string of the molecule is C=[C]CCNCCCC. The monoisotopic (exact) mass is 126 g/mol. The largest absolute Gasteiger partial charge is 0.316 e. The maximum atomic E-state index is 3.51. The fourth-order valence-electron chi connectivity index (χ4n) is 0.604. The van der Waals surface area contributed by atoms with Gasteiger partial charge in [-0.05, 0) is 25.9 Å². The van der Waals surface area contributed by atoms with Crippen LogP contribution < -0.4 is 5.32 Å². The Morgan fingerprint density at radius 1 is 1.44 bits per heavy atom. The Bertz CT molecular complexity index is 59.6. The molecule has 0 aromatic heterocycles. The average Bonchev–Trinajstić information content (AvgIpc) is 1.89. The van der Waals surface area contributed by atoms with Gasteiger partial charge in [0.2, 0.25) is 0 Å². The van der Waals surface area contributed by atoms with E-state index in [2.05, 4.69) is 24.9 Å². The van der Waals surface area contributed by atoms with Crippen molar-refractivity contribution in [2.24, 2.45) is 0 Å². The van der Waals surface area contributed by atoms with Gasteiger partial charge in [0, 0.05) is 0 Å². The molecule has 0 atom stereocenters. The highest BCUT2D eigenvalue weighted by Crippen LogP contribution is 1.82. The van der Waals surface area contributed by atoms with Crippen LogP contribution in [0.15, 0.2) is 6.58 Å². The molecule has 0 spiro atoms. The van der Waals surface area contributed by atoms with Crippen molar-refractivity contribution in [3.8, 4) is 0 Å². The van der Waals surface area contributed by atoms with Crippen LogP contribution in [0.4, 0.5) is 0 Å². The zero-order chi connectivity index (χ0) is 6.95. The minimum Gasteiger partial charge on any atom is -0.316 e. The fourth-order valence-corrected chi connectivity index (χ4v) is 0.604. The molecule has 0 aliphatic carbocycles. The van der Waals surface area contributed by atoms with E-state index in [0.29, 0.717) is 0 Å². The first-order chi connectivity index (χ1) is 4.41. The van der Waals surface area contributed by atoms with Crippen LogP contribution in [-0.2, 0) is 0 Å². The first-order valence-electron chi connectivity index (χ1n) is 3.62. The van der Waals surface area contributed by atoms with Gasteiger partial charge in [0.1, 0.15) is 0 Å². The molecule has 0 amide bonds. The molecule has 9 heavy (non-hydrogen) atoms. The molecule has 53 valence electrons. The first-order valence-corrected chi connectivity index (χ1v) is 3.62. The van der Waals surface area contributed by atoms with Gasteiger partial charge in [0.15, 0.2) is 0 Å². The molecule has 0 saturated heterocycles. The Morgan fingerprint density at radius 2 is 2.22 bits per heavy atom. The summed E-state index contributed by atoms with van der Waals surface area (Å²) >= 11 is 0. The third-order valence-corrected chi connectivity index (χ3v) is 1.19. The van der Waals surface area contributed by atoms with Crippen molar-refractivity contribution in [3.63, 3.8) is 0 Å². The van der Waals surface area contributed by atoms with Crippen LogP contribution in [0.2, 0.25) is 0 Å². The third-order valence-electron chi connectivity index (χ3n) is 1.19. The number of hydrogen-bond acceptors (Lipinski definition) is 1. The van der Waals surface area contributed by atoms with Gasteiger partial charge in [-0.2, -0.15) is 0 Å². The first kappa shape index (κ1) is 8.70. The summed E-state index contributed by atoms with van der Waals surface area (Å²) in [5, 5.41) is 3.28. The van der Waals surface area contributed by atoms with Crippen LogP contribution in [0.3, 0.4) is 0 Å².